The Hall–Kier alpha value is -2.02. The second kappa shape index (κ2) is 7.30. The molecule has 0 unspecified atom stereocenters. The Kier molecular flexibility index (Phi) is 5.49. The van der Waals surface area contributed by atoms with Crippen LogP contribution in [0.2, 0.25) is 0 Å². The zero-order valence-electron chi connectivity index (χ0n) is 8.98. The summed E-state index contributed by atoms with van der Waals surface area (Å²) in [7, 11) is 0. The Morgan fingerprint density at radius 3 is 2.81 bits per heavy atom. The number of nitrogens with zero attached hydrogens (tertiary/aromatic N) is 1. The van der Waals surface area contributed by atoms with Crippen LogP contribution < -0.4 is 5.32 Å². The Balaban J connectivity index is 2.14. The van der Waals surface area contributed by atoms with Gasteiger partial charge in [-0.25, -0.2) is 4.79 Å². The normalized spacial score (nSPS) is 9.19. The topological polar surface area (TPSA) is 62.1 Å². The van der Waals surface area contributed by atoms with Crippen LogP contribution in [0.15, 0.2) is 30.3 Å². The van der Waals surface area contributed by atoms with E-state index in [0.29, 0.717) is 19.4 Å². The number of ether oxygens (including phenoxy) is 1. The van der Waals surface area contributed by atoms with Crippen LogP contribution in [0.4, 0.5) is 4.79 Å². The number of rotatable bonds is 5. The highest BCUT2D eigenvalue weighted by molar-refractivity contribution is 5.67. The molecule has 0 aromatic heterocycles. The third kappa shape index (κ3) is 5.01. The van der Waals surface area contributed by atoms with Crippen molar-refractivity contribution in [3.8, 4) is 6.07 Å². The standard InChI is InChI=1S/C12H14N2O2/c13-8-4-5-9-14-12(15)16-10-11-6-2-1-3-7-11/h1-3,6-7H,4-5,9-10H2,(H,14,15). The lowest BCUT2D eigenvalue weighted by atomic mass is 10.2. The van der Waals surface area contributed by atoms with Gasteiger partial charge in [0.1, 0.15) is 6.61 Å². The molecular weight excluding hydrogens is 204 g/mol. The predicted molar refractivity (Wildman–Crippen MR) is 59.5 cm³/mol. The number of hydrogen-bond donors (Lipinski definition) is 1. The predicted octanol–water partition coefficient (Wildman–Crippen LogP) is 2.22. The van der Waals surface area contributed by atoms with Crippen molar-refractivity contribution in [3.05, 3.63) is 35.9 Å². The van der Waals surface area contributed by atoms with Crippen LogP contribution >= 0.6 is 0 Å². The van der Waals surface area contributed by atoms with Crippen LogP contribution in [0, 0.1) is 11.3 Å². The summed E-state index contributed by atoms with van der Waals surface area (Å²) in [6.45, 7) is 0.742. The van der Waals surface area contributed by atoms with Crippen molar-refractivity contribution < 1.29 is 9.53 Å². The highest BCUT2D eigenvalue weighted by atomic mass is 16.5. The number of alkyl carbamates (subject to hydrolysis) is 1. The maximum atomic E-state index is 11.2. The molecule has 1 amide bonds. The quantitative estimate of drug-likeness (QED) is 0.771. The van der Waals surface area contributed by atoms with Crippen LogP contribution in [0.3, 0.4) is 0 Å². The second-order valence-electron chi connectivity index (χ2n) is 3.25. The first-order valence-corrected chi connectivity index (χ1v) is 5.14. The maximum Gasteiger partial charge on any atom is 0.407 e. The van der Waals surface area contributed by atoms with Crippen LogP contribution in [0.5, 0.6) is 0 Å². The van der Waals surface area contributed by atoms with Gasteiger partial charge in [0.25, 0.3) is 0 Å². The van der Waals surface area contributed by atoms with Gasteiger partial charge in [0.2, 0.25) is 0 Å². The van der Waals surface area contributed by atoms with Gasteiger partial charge in [-0.1, -0.05) is 30.3 Å². The number of carbonyl (C=O) groups is 1. The SMILES string of the molecule is N#CCCCNC(=O)OCc1ccccc1. The fourth-order valence-electron chi connectivity index (χ4n) is 1.13. The van der Waals surface area contributed by atoms with Crippen molar-refractivity contribution in [2.24, 2.45) is 0 Å². The van der Waals surface area contributed by atoms with E-state index in [1.165, 1.54) is 0 Å². The third-order valence-corrected chi connectivity index (χ3v) is 1.95. The molecular formula is C12H14N2O2. The minimum Gasteiger partial charge on any atom is -0.445 e. The van der Waals surface area contributed by atoms with Crippen molar-refractivity contribution in [1.29, 1.82) is 5.26 Å². The van der Waals surface area contributed by atoms with Crippen LogP contribution in [-0.4, -0.2) is 12.6 Å². The minimum atomic E-state index is -0.443. The molecule has 1 rings (SSSR count). The zero-order chi connectivity index (χ0) is 11.6. The first kappa shape index (κ1) is 12.1. The van der Waals surface area contributed by atoms with Gasteiger partial charge in [0.05, 0.1) is 6.07 Å². The molecule has 1 N–H and O–H groups in total. The summed E-state index contributed by atoms with van der Waals surface area (Å²) >= 11 is 0. The Morgan fingerprint density at radius 1 is 1.38 bits per heavy atom. The van der Waals surface area contributed by atoms with E-state index in [-0.39, 0.29) is 6.61 Å². The molecule has 0 saturated carbocycles. The maximum absolute atomic E-state index is 11.2. The molecule has 1 aromatic carbocycles. The van der Waals surface area contributed by atoms with Crippen molar-refractivity contribution in [2.75, 3.05) is 6.54 Å². The van der Waals surface area contributed by atoms with Crippen molar-refractivity contribution in [3.63, 3.8) is 0 Å². The van der Waals surface area contributed by atoms with Gasteiger partial charge in [0, 0.05) is 13.0 Å². The number of nitrogens with one attached hydrogen (secondary N) is 1. The lowest BCUT2D eigenvalue weighted by Gasteiger charge is -2.05. The average Bonchev–Trinajstić information content (AvgIpc) is 2.33. The third-order valence-electron chi connectivity index (χ3n) is 1.95. The molecule has 4 heteroatoms. The highest BCUT2D eigenvalue weighted by Crippen LogP contribution is 2.00. The van der Waals surface area contributed by atoms with Gasteiger partial charge in [-0.05, 0) is 12.0 Å². The summed E-state index contributed by atoms with van der Waals surface area (Å²) in [5, 5.41) is 10.9. The summed E-state index contributed by atoms with van der Waals surface area (Å²) in [4.78, 5) is 11.2. The van der Waals surface area contributed by atoms with Crippen molar-refractivity contribution in [1.82, 2.24) is 5.32 Å². The monoisotopic (exact) mass is 218 g/mol. The van der Waals surface area contributed by atoms with Gasteiger partial charge in [0.15, 0.2) is 0 Å². The van der Waals surface area contributed by atoms with Crippen LogP contribution in [0.1, 0.15) is 18.4 Å². The minimum absolute atomic E-state index is 0.269. The molecule has 0 radical (unpaired) electrons. The molecule has 0 bridgehead atoms. The Labute approximate surface area is 94.8 Å². The molecule has 0 heterocycles. The zero-order valence-corrected chi connectivity index (χ0v) is 8.98. The fourth-order valence-corrected chi connectivity index (χ4v) is 1.13. The van der Waals surface area contributed by atoms with E-state index in [1.807, 2.05) is 36.4 Å². The summed E-state index contributed by atoms with van der Waals surface area (Å²) in [6.07, 6.45) is 0.650. The van der Waals surface area contributed by atoms with Crippen LogP contribution in [0.25, 0.3) is 0 Å². The largest absolute Gasteiger partial charge is 0.445 e. The number of benzene rings is 1. The second-order valence-corrected chi connectivity index (χ2v) is 3.25. The molecule has 84 valence electrons. The molecule has 4 nitrogen and oxygen atoms in total. The van der Waals surface area contributed by atoms with E-state index < -0.39 is 6.09 Å². The van der Waals surface area contributed by atoms with E-state index in [9.17, 15) is 4.79 Å². The summed E-state index contributed by atoms with van der Waals surface area (Å²) in [5.41, 5.74) is 0.953. The molecule has 0 spiro atoms. The highest BCUT2D eigenvalue weighted by Gasteiger charge is 2.00. The van der Waals surface area contributed by atoms with Gasteiger partial charge in [-0.15, -0.1) is 0 Å². The lowest BCUT2D eigenvalue weighted by molar-refractivity contribution is 0.139. The average molecular weight is 218 g/mol. The van der Waals surface area contributed by atoms with Crippen molar-refractivity contribution >= 4 is 6.09 Å². The number of unbranched alkanes of at least 4 members (excludes halogenated alkanes) is 1. The van der Waals surface area contributed by atoms with E-state index in [0.717, 1.165) is 5.56 Å². The molecule has 0 aliphatic rings. The van der Waals surface area contributed by atoms with Crippen LogP contribution in [-0.2, 0) is 11.3 Å². The Bertz CT molecular complexity index is 357. The Morgan fingerprint density at radius 2 is 2.12 bits per heavy atom. The van der Waals surface area contributed by atoms with Gasteiger partial charge in [-0.2, -0.15) is 5.26 Å². The first-order valence-electron chi connectivity index (χ1n) is 5.14. The molecule has 0 aliphatic heterocycles. The summed E-state index contributed by atoms with van der Waals surface area (Å²) < 4.78 is 4.98. The molecule has 1 aromatic rings. The number of amides is 1. The molecule has 0 saturated heterocycles. The number of nitriles is 1. The fraction of sp³-hybridized carbons (Fsp3) is 0.333. The summed E-state index contributed by atoms with van der Waals surface area (Å²) in [5.74, 6) is 0. The number of hydrogen-bond acceptors (Lipinski definition) is 3. The van der Waals surface area contributed by atoms with E-state index in [1.54, 1.807) is 0 Å². The smallest absolute Gasteiger partial charge is 0.407 e. The molecule has 16 heavy (non-hydrogen) atoms. The summed E-state index contributed by atoms with van der Waals surface area (Å²) in [6, 6.07) is 11.5. The van der Waals surface area contributed by atoms with E-state index >= 15 is 0 Å². The van der Waals surface area contributed by atoms with Gasteiger partial charge < -0.3 is 10.1 Å². The molecule has 0 aliphatic carbocycles. The van der Waals surface area contributed by atoms with E-state index in [2.05, 4.69) is 5.32 Å². The van der Waals surface area contributed by atoms with E-state index in [4.69, 9.17) is 10.00 Å². The van der Waals surface area contributed by atoms with Gasteiger partial charge in [-0.3, -0.25) is 0 Å². The molecule has 0 atom stereocenters. The van der Waals surface area contributed by atoms with Crippen molar-refractivity contribution in [2.45, 2.75) is 19.4 Å². The van der Waals surface area contributed by atoms with Gasteiger partial charge >= 0.3 is 6.09 Å². The molecule has 0 fully saturated rings. The number of carbonyl (C=O) groups excluding carboxylic acids is 1. The first-order chi connectivity index (χ1) is 7.83. The lowest BCUT2D eigenvalue weighted by Crippen LogP contribution is -2.25.